The Kier molecular flexibility index (Phi) is 3.78. The molecule has 1 aromatic heterocycles. The summed E-state index contributed by atoms with van der Waals surface area (Å²) in [5.74, 6) is -0.507. The van der Waals surface area contributed by atoms with E-state index in [4.69, 9.17) is 9.84 Å². The van der Waals surface area contributed by atoms with Crippen molar-refractivity contribution in [2.24, 2.45) is 0 Å². The molecule has 0 amide bonds. The second-order valence-corrected chi connectivity index (χ2v) is 4.40. The first kappa shape index (κ1) is 12.4. The third-order valence-corrected chi connectivity index (χ3v) is 3.02. The minimum absolute atomic E-state index is 0.0297. The second kappa shape index (κ2) is 5.50. The zero-order chi connectivity index (χ0) is 13.0. The quantitative estimate of drug-likeness (QED) is 0.893. The first-order valence-corrected chi connectivity index (χ1v) is 6.15. The van der Waals surface area contributed by atoms with Crippen LogP contribution >= 0.6 is 11.3 Å². The minimum atomic E-state index is -0.991. The van der Waals surface area contributed by atoms with Crippen molar-refractivity contribution in [3.63, 3.8) is 0 Å². The molecule has 1 aromatic carbocycles. The third kappa shape index (κ3) is 2.98. The number of thiazole rings is 1. The standard InChI is InChI=1S/C12H11NO4S/c14-11(15)9-2-1-3-10(8-9)17-6-4-13-5-7-18-12(13)16/h1-3,5,7-8H,4,6H2,(H,14,15). The predicted molar refractivity (Wildman–Crippen MR) is 67.5 cm³/mol. The van der Waals surface area contributed by atoms with Crippen molar-refractivity contribution in [3.8, 4) is 5.75 Å². The van der Waals surface area contributed by atoms with Crippen LogP contribution in [-0.4, -0.2) is 22.2 Å². The van der Waals surface area contributed by atoms with Gasteiger partial charge in [-0.1, -0.05) is 17.4 Å². The van der Waals surface area contributed by atoms with Crippen LogP contribution in [0.2, 0.25) is 0 Å². The maximum Gasteiger partial charge on any atom is 0.335 e. The van der Waals surface area contributed by atoms with Crippen LogP contribution in [0.3, 0.4) is 0 Å². The molecule has 0 saturated carbocycles. The molecule has 0 atom stereocenters. The lowest BCUT2D eigenvalue weighted by Gasteiger charge is -2.06. The molecule has 0 saturated heterocycles. The number of carboxylic acids is 1. The van der Waals surface area contributed by atoms with Crippen molar-refractivity contribution in [2.75, 3.05) is 6.61 Å². The molecule has 0 aliphatic heterocycles. The van der Waals surface area contributed by atoms with Crippen LogP contribution < -0.4 is 9.61 Å². The third-order valence-electron chi connectivity index (χ3n) is 2.33. The molecule has 0 unspecified atom stereocenters. The number of hydrogen-bond acceptors (Lipinski definition) is 4. The Morgan fingerprint density at radius 3 is 2.94 bits per heavy atom. The van der Waals surface area contributed by atoms with Crippen molar-refractivity contribution in [1.29, 1.82) is 0 Å². The summed E-state index contributed by atoms with van der Waals surface area (Å²) in [4.78, 5) is 22.0. The zero-order valence-electron chi connectivity index (χ0n) is 9.41. The van der Waals surface area contributed by atoms with Crippen molar-refractivity contribution < 1.29 is 14.6 Å². The summed E-state index contributed by atoms with van der Waals surface area (Å²) in [5.41, 5.74) is 0.181. The Labute approximate surface area is 107 Å². The number of benzene rings is 1. The molecule has 18 heavy (non-hydrogen) atoms. The number of aromatic nitrogens is 1. The summed E-state index contributed by atoms with van der Waals surface area (Å²) in [6, 6.07) is 6.26. The van der Waals surface area contributed by atoms with Gasteiger partial charge in [-0.15, -0.1) is 0 Å². The molecule has 6 heteroatoms. The van der Waals surface area contributed by atoms with Gasteiger partial charge in [0.05, 0.1) is 12.1 Å². The summed E-state index contributed by atoms with van der Waals surface area (Å²) >= 11 is 1.13. The van der Waals surface area contributed by atoms with Crippen molar-refractivity contribution >= 4 is 17.3 Å². The van der Waals surface area contributed by atoms with E-state index in [-0.39, 0.29) is 10.4 Å². The smallest absolute Gasteiger partial charge is 0.335 e. The van der Waals surface area contributed by atoms with Crippen molar-refractivity contribution in [1.82, 2.24) is 4.57 Å². The van der Waals surface area contributed by atoms with Gasteiger partial charge in [0.2, 0.25) is 0 Å². The zero-order valence-corrected chi connectivity index (χ0v) is 10.2. The summed E-state index contributed by atoms with van der Waals surface area (Å²) in [7, 11) is 0. The molecule has 2 aromatic rings. The van der Waals surface area contributed by atoms with Gasteiger partial charge in [0, 0.05) is 11.6 Å². The van der Waals surface area contributed by atoms with Crippen LogP contribution in [0.1, 0.15) is 10.4 Å². The number of carboxylic acid groups (broad SMARTS) is 1. The highest BCUT2D eigenvalue weighted by atomic mass is 32.1. The van der Waals surface area contributed by atoms with Gasteiger partial charge in [-0.05, 0) is 18.2 Å². The average molecular weight is 265 g/mol. The fourth-order valence-electron chi connectivity index (χ4n) is 1.44. The summed E-state index contributed by atoms with van der Waals surface area (Å²) in [5, 5.41) is 10.5. The van der Waals surface area contributed by atoms with Crippen LogP contribution in [0.4, 0.5) is 0 Å². The fraction of sp³-hybridized carbons (Fsp3) is 0.167. The van der Waals surface area contributed by atoms with Crippen molar-refractivity contribution in [2.45, 2.75) is 6.54 Å². The number of rotatable bonds is 5. The molecular formula is C12H11NO4S. The van der Waals surface area contributed by atoms with Crippen LogP contribution in [0.15, 0.2) is 40.6 Å². The topological polar surface area (TPSA) is 68.5 Å². The van der Waals surface area contributed by atoms with E-state index in [1.54, 1.807) is 28.3 Å². The molecule has 0 aliphatic carbocycles. The average Bonchev–Trinajstić information content (AvgIpc) is 2.76. The van der Waals surface area contributed by atoms with Gasteiger partial charge in [0.15, 0.2) is 0 Å². The Morgan fingerprint density at radius 2 is 2.28 bits per heavy atom. The van der Waals surface area contributed by atoms with E-state index >= 15 is 0 Å². The summed E-state index contributed by atoms with van der Waals surface area (Å²) in [6.07, 6.45) is 1.70. The maximum atomic E-state index is 11.3. The molecule has 1 heterocycles. The highest BCUT2D eigenvalue weighted by Gasteiger charge is 2.04. The summed E-state index contributed by atoms with van der Waals surface area (Å²) < 4.78 is 6.95. The Balaban J connectivity index is 1.94. The highest BCUT2D eigenvalue weighted by Crippen LogP contribution is 2.13. The van der Waals surface area contributed by atoms with Crippen LogP contribution in [0.5, 0.6) is 5.75 Å². The normalized spacial score (nSPS) is 10.2. The molecule has 2 rings (SSSR count). The van der Waals surface area contributed by atoms with Gasteiger partial charge in [0.25, 0.3) is 0 Å². The first-order chi connectivity index (χ1) is 8.66. The SMILES string of the molecule is O=C(O)c1cccc(OCCn2ccsc2=O)c1. The van der Waals surface area contributed by atoms with E-state index in [9.17, 15) is 9.59 Å². The van der Waals surface area contributed by atoms with E-state index in [0.29, 0.717) is 18.9 Å². The lowest BCUT2D eigenvalue weighted by atomic mass is 10.2. The minimum Gasteiger partial charge on any atom is -0.492 e. The van der Waals surface area contributed by atoms with E-state index in [0.717, 1.165) is 11.3 Å². The molecule has 0 aliphatic rings. The lowest BCUT2D eigenvalue weighted by Crippen LogP contribution is -2.16. The largest absolute Gasteiger partial charge is 0.492 e. The maximum absolute atomic E-state index is 11.3. The molecule has 1 N–H and O–H groups in total. The van der Waals surface area contributed by atoms with E-state index in [1.165, 1.54) is 12.1 Å². The Bertz CT molecular complexity index is 602. The van der Waals surface area contributed by atoms with Crippen molar-refractivity contribution in [3.05, 3.63) is 51.1 Å². The molecular weight excluding hydrogens is 254 g/mol. The number of hydrogen-bond donors (Lipinski definition) is 1. The Hall–Kier alpha value is -2.08. The molecule has 0 bridgehead atoms. The van der Waals surface area contributed by atoms with Gasteiger partial charge in [-0.25, -0.2) is 4.79 Å². The van der Waals surface area contributed by atoms with Crippen LogP contribution in [0.25, 0.3) is 0 Å². The molecule has 0 spiro atoms. The monoisotopic (exact) mass is 265 g/mol. The molecule has 5 nitrogen and oxygen atoms in total. The number of nitrogens with zero attached hydrogens (tertiary/aromatic N) is 1. The van der Waals surface area contributed by atoms with E-state index in [2.05, 4.69) is 0 Å². The molecule has 94 valence electrons. The lowest BCUT2D eigenvalue weighted by molar-refractivity contribution is 0.0696. The fourth-order valence-corrected chi connectivity index (χ4v) is 2.05. The van der Waals surface area contributed by atoms with Gasteiger partial charge in [0.1, 0.15) is 12.4 Å². The Morgan fingerprint density at radius 1 is 1.44 bits per heavy atom. The summed E-state index contributed by atoms with van der Waals surface area (Å²) in [6.45, 7) is 0.763. The molecule has 0 fully saturated rings. The number of ether oxygens (including phenoxy) is 1. The number of carbonyl (C=O) groups is 1. The van der Waals surface area contributed by atoms with Crippen LogP contribution in [0, 0.1) is 0 Å². The van der Waals surface area contributed by atoms with E-state index < -0.39 is 5.97 Å². The van der Waals surface area contributed by atoms with Gasteiger partial charge in [-0.3, -0.25) is 4.79 Å². The van der Waals surface area contributed by atoms with Gasteiger partial charge >= 0.3 is 10.8 Å². The first-order valence-electron chi connectivity index (χ1n) is 5.27. The van der Waals surface area contributed by atoms with Gasteiger partial charge < -0.3 is 14.4 Å². The molecule has 0 radical (unpaired) electrons. The highest BCUT2D eigenvalue weighted by molar-refractivity contribution is 7.07. The van der Waals surface area contributed by atoms with Gasteiger partial charge in [-0.2, -0.15) is 0 Å². The number of aromatic carboxylic acids is 1. The van der Waals surface area contributed by atoms with E-state index in [1.807, 2.05) is 0 Å². The predicted octanol–water partition coefficient (Wildman–Crippen LogP) is 1.69. The van der Waals surface area contributed by atoms with Crippen LogP contribution in [-0.2, 0) is 6.54 Å². The second-order valence-electron chi connectivity index (χ2n) is 3.54.